The Morgan fingerprint density at radius 2 is 1.93 bits per heavy atom. The van der Waals surface area contributed by atoms with Crippen molar-refractivity contribution in [1.29, 1.82) is 0 Å². The summed E-state index contributed by atoms with van der Waals surface area (Å²) >= 11 is 1.44. The van der Waals surface area contributed by atoms with Gasteiger partial charge in [-0.25, -0.2) is 4.79 Å². The Hall–Kier alpha value is -2.66. The molecule has 5 heteroatoms. The van der Waals surface area contributed by atoms with Crippen molar-refractivity contribution in [3.63, 3.8) is 0 Å². The number of hydrogen-bond acceptors (Lipinski definition) is 4. The van der Waals surface area contributed by atoms with Gasteiger partial charge in [0, 0.05) is 11.0 Å². The van der Waals surface area contributed by atoms with Crippen LogP contribution in [0.1, 0.15) is 67.3 Å². The van der Waals surface area contributed by atoms with Gasteiger partial charge in [-0.05, 0) is 57.2 Å². The van der Waals surface area contributed by atoms with Gasteiger partial charge in [0.25, 0.3) is 0 Å². The average molecular weight is 412 g/mol. The van der Waals surface area contributed by atoms with Crippen molar-refractivity contribution in [1.82, 2.24) is 0 Å². The maximum atomic E-state index is 12.4. The summed E-state index contributed by atoms with van der Waals surface area (Å²) in [4.78, 5) is 25.8. The molecule has 0 unspecified atom stereocenters. The molecule has 1 atom stereocenters. The predicted octanol–water partition coefficient (Wildman–Crippen LogP) is 6.43. The molecule has 0 spiro atoms. The Kier molecular flexibility index (Phi) is 8.87. The molecule has 0 aliphatic carbocycles. The number of benzene rings is 1. The van der Waals surface area contributed by atoms with Gasteiger partial charge < -0.3 is 10.1 Å². The molecule has 0 bridgehead atoms. The number of hydrogen-bond donors (Lipinski definition) is 1. The molecule has 4 nitrogen and oxygen atoms in total. The third-order valence-electron chi connectivity index (χ3n) is 4.35. The Bertz CT molecular complexity index is 877. The number of ether oxygens (including phenoxy) is 1. The van der Waals surface area contributed by atoms with E-state index in [9.17, 15) is 9.59 Å². The van der Waals surface area contributed by atoms with Crippen LogP contribution in [0.5, 0.6) is 0 Å². The third-order valence-corrected chi connectivity index (χ3v) is 5.63. The first kappa shape index (κ1) is 22.6. The molecular formula is C24H29NO3S. The van der Waals surface area contributed by atoms with Crippen LogP contribution in [0.3, 0.4) is 0 Å². The molecular weight excluding hydrogens is 382 g/mol. The van der Waals surface area contributed by atoms with Gasteiger partial charge in [0.05, 0.1) is 12.2 Å². The fraction of sp³-hybridized carbons (Fsp3) is 0.333. The van der Waals surface area contributed by atoms with E-state index in [2.05, 4.69) is 32.2 Å². The van der Waals surface area contributed by atoms with Gasteiger partial charge >= 0.3 is 5.97 Å². The second kappa shape index (κ2) is 11.4. The minimum Gasteiger partial charge on any atom is -0.462 e. The van der Waals surface area contributed by atoms with Crippen LogP contribution in [0, 0.1) is 0 Å². The highest BCUT2D eigenvalue weighted by Crippen LogP contribution is 2.35. The van der Waals surface area contributed by atoms with E-state index in [1.807, 2.05) is 36.4 Å². The Morgan fingerprint density at radius 3 is 2.59 bits per heavy atom. The van der Waals surface area contributed by atoms with Crippen LogP contribution in [0.4, 0.5) is 5.00 Å². The lowest BCUT2D eigenvalue weighted by Gasteiger charge is -2.07. The van der Waals surface area contributed by atoms with Crippen molar-refractivity contribution in [2.24, 2.45) is 0 Å². The van der Waals surface area contributed by atoms with Crippen molar-refractivity contribution >= 4 is 34.3 Å². The summed E-state index contributed by atoms with van der Waals surface area (Å²) in [7, 11) is 0. The lowest BCUT2D eigenvalue weighted by Crippen LogP contribution is -2.11. The molecule has 1 aromatic heterocycles. The van der Waals surface area contributed by atoms with Crippen LogP contribution in [-0.4, -0.2) is 18.5 Å². The van der Waals surface area contributed by atoms with Crippen LogP contribution < -0.4 is 5.32 Å². The number of esters is 1. The van der Waals surface area contributed by atoms with Gasteiger partial charge in [-0.2, -0.15) is 0 Å². The Labute approximate surface area is 177 Å². The number of amides is 1. The van der Waals surface area contributed by atoms with E-state index < -0.39 is 5.97 Å². The smallest absolute Gasteiger partial charge is 0.341 e. The monoisotopic (exact) mass is 411 g/mol. The normalized spacial score (nSPS) is 11.9. The van der Waals surface area contributed by atoms with Gasteiger partial charge in [0.15, 0.2) is 0 Å². The van der Waals surface area contributed by atoms with E-state index in [0.717, 1.165) is 23.3 Å². The molecule has 0 fully saturated rings. The number of thiophene rings is 1. The number of carbonyl (C=O) groups is 2. The SMILES string of the molecule is CCOC(=O)c1cc([C@@H](C)CCC=C(C)C)sc1NC(=O)C=Cc1ccccc1. The zero-order valence-corrected chi connectivity index (χ0v) is 18.3. The van der Waals surface area contributed by atoms with Crippen molar-refractivity contribution in [2.75, 3.05) is 11.9 Å². The first-order valence-corrected chi connectivity index (χ1v) is 10.7. The van der Waals surface area contributed by atoms with Gasteiger partial charge in [-0.1, -0.05) is 48.9 Å². The average Bonchev–Trinajstić information content (AvgIpc) is 3.11. The highest BCUT2D eigenvalue weighted by atomic mass is 32.1. The summed E-state index contributed by atoms with van der Waals surface area (Å²) in [6, 6.07) is 11.5. The van der Waals surface area contributed by atoms with Gasteiger partial charge in [-0.15, -0.1) is 11.3 Å². The predicted molar refractivity (Wildman–Crippen MR) is 121 cm³/mol. The molecule has 1 heterocycles. The largest absolute Gasteiger partial charge is 0.462 e. The molecule has 1 aromatic carbocycles. The summed E-state index contributed by atoms with van der Waals surface area (Å²) in [5.41, 5.74) is 2.66. The fourth-order valence-corrected chi connectivity index (χ4v) is 3.90. The summed E-state index contributed by atoms with van der Waals surface area (Å²) in [5, 5.41) is 3.39. The topological polar surface area (TPSA) is 55.4 Å². The van der Waals surface area contributed by atoms with Gasteiger partial charge in [-0.3, -0.25) is 4.79 Å². The summed E-state index contributed by atoms with van der Waals surface area (Å²) < 4.78 is 5.17. The van der Waals surface area contributed by atoms with E-state index in [4.69, 9.17) is 4.74 Å². The van der Waals surface area contributed by atoms with Crippen molar-refractivity contribution < 1.29 is 14.3 Å². The quantitative estimate of drug-likeness (QED) is 0.294. The maximum absolute atomic E-state index is 12.4. The molecule has 0 aliphatic heterocycles. The van der Waals surface area contributed by atoms with E-state index >= 15 is 0 Å². The lowest BCUT2D eigenvalue weighted by molar-refractivity contribution is -0.111. The molecule has 1 amide bonds. The fourth-order valence-electron chi connectivity index (χ4n) is 2.76. The Balaban J connectivity index is 2.16. The molecule has 154 valence electrons. The van der Waals surface area contributed by atoms with Crippen molar-refractivity contribution in [2.45, 2.75) is 46.5 Å². The van der Waals surface area contributed by atoms with E-state index in [0.29, 0.717) is 17.2 Å². The standard InChI is InChI=1S/C24H29NO3S/c1-5-28-24(27)20-16-21(18(4)11-9-10-17(2)3)29-23(20)25-22(26)15-14-19-12-7-6-8-13-19/h6-8,10,12-16,18H,5,9,11H2,1-4H3,(H,25,26)/t18-/m0/s1. The van der Waals surface area contributed by atoms with Gasteiger partial charge in [0.2, 0.25) is 5.91 Å². The number of carbonyl (C=O) groups excluding carboxylic acids is 2. The Morgan fingerprint density at radius 1 is 1.21 bits per heavy atom. The van der Waals surface area contributed by atoms with E-state index in [1.54, 1.807) is 13.0 Å². The van der Waals surface area contributed by atoms with Crippen LogP contribution in [0.2, 0.25) is 0 Å². The third kappa shape index (κ3) is 7.35. The minimum absolute atomic E-state index is 0.273. The zero-order valence-electron chi connectivity index (χ0n) is 17.5. The summed E-state index contributed by atoms with van der Waals surface area (Å²) in [5.74, 6) is -0.395. The first-order valence-electron chi connectivity index (χ1n) is 9.89. The van der Waals surface area contributed by atoms with E-state index in [1.165, 1.54) is 23.0 Å². The number of anilines is 1. The second-order valence-electron chi connectivity index (χ2n) is 7.11. The van der Waals surface area contributed by atoms with E-state index in [-0.39, 0.29) is 11.8 Å². The second-order valence-corrected chi connectivity index (χ2v) is 8.19. The molecule has 1 N–H and O–H groups in total. The summed E-state index contributed by atoms with van der Waals surface area (Å²) in [6.07, 6.45) is 7.40. The molecule has 0 aliphatic rings. The minimum atomic E-state index is -0.408. The molecule has 29 heavy (non-hydrogen) atoms. The van der Waals surface area contributed by atoms with Crippen molar-refractivity contribution in [3.05, 3.63) is 70.1 Å². The lowest BCUT2D eigenvalue weighted by atomic mass is 10.0. The molecule has 0 radical (unpaired) electrons. The highest BCUT2D eigenvalue weighted by molar-refractivity contribution is 7.16. The number of rotatable bonds is 9. The highest BCUT2D eigenvalue weighted by Gasteiger charge is 2.20. The molecule has 2 aromatic rings. The van der Waals surface area contributed by atoms with Gasteiger partial charge in [0.1, 0.15) is 5.00 Å². The number of allylic oxidation sites excluding steroid dienone is 2. The zero-order chi connectivity index (χ0) is 21.2. The van der Waals surface area contributed by atoms with Crippen LogP contribution >= 0.6 is 11.3 Å². The molecule has 0 saturated heterocycles. The van der Waals surface area contributed by atoms with Crippen LogP contribution in [0.15, 0.2) is 54.1 Å². The molecule has 0 saturated carbocycles. The number of nitrogens with one attached hydrogen (secondary N) is 1. The van der Waals surface area contributed by atoms with Crippen molar-refractivity contribution in [3.8, 4) is 0 Å². The maximum Gasteiger partial charge on any atom is 0.341 e. The summed E-state index contributed by atoms with van der Waals surface area (Å²) in [6.45, 7) is 8.38. The first-order chi connectivity index (χ1) is 13.9. The molecule has 2 rings (SSSR count). The van der Waals surface area contributed by atoms with Crippen LogP contribution in [0.25, 0.3) is 6.08 Å². The van der Waals surface area contributed by atoms with Crippen LogP contribution in [-0.2, 0) is 9.53 Å².